The van der Waals surface area contributed by atoms with Gasteiger partial charge in [0.25, 0.3) is 0 Å². The van der Waals surface area contributed by atoms with Gasteiger partial charge in [-0.05, 0) is 29.8 Å². The molecule has 0 saturated heterocycles. The van der Waals surface area contributed by atoms with E-state index in [1.165, 1.54) is 12.1 Å². The Morgan fingerprint density at radius 3 is 2.12 bits per heavy atom. The van der Waals surface area contributed by atoms with Crippen LogP contribution in [0, 0.1) is 0 Å². The number of nitrogens with zero attached hydrogens (tertiary/aromatic N) is 2. The summed E-state index contributed by atoms with van der Waals surface area (Å²) in [5.74, 6) is -0.301. The van der Waals surface area contributed by atoms with E-state index < -0.39 is 16.1 Å². The number of fused-ring (bicyclic) bond motifs is 1. The molecular formula is C27H23N3O3S. The van der Waals surface area contributed by atoms with Crippen molar-refractivity contribution < 1.29 is 13.2 Å². The Morgan fingerprint density at radius 1 is 0.824 bits per heavy atom. The number of benzene rings is 3. The van der Waals surface area contributed by atoms with Crippen molar-refractivity contribution in [1.29, 1.82) is 0 Å². The molecule has 0 aliphatic carbocycles. The lowest BCUT2D eigenvalue weighted by Gasteiger charge is -2.34. The summed E-state index contributed by atoms with van der Waals surface area (Å²) in [6.45, 7) is 0.322. The van der Waals surface area contributed by atoms with Gasteiger partial charge >= 0.3 is 0 Å². The average molecular weight is 470 g/mol. The Labute approximate surface area is 199 Å². The Bertz CT molecular complexity index is 1410. The Hall–Kier alpha value is -3.81. The largest absolute Gasteiger partial charge is 0.305 e. The van der Waals surface area contributed by atoms with E-state index in [1.54, 1.807) is 23.1 Å². The monoisotopic (exact) mass is 469 g/mol. The molecule has 0 fully saturated rings. The molecule has 4 aromatic rings. The van der Waals surface area contributed by atoms with Crippen molar-refractivity contribution in [3.05, 3.63) is 114 Å². The van der Waals surface area contributed by atoms with Gasteiger partial charge in [-0.3, -0.25) is 9.78 Å². The lowest BCUT2D eigenvalue weighted by atomic mass is 10.00. The number of pyridine rings is 1. The van der Waals surface area contributed by atoms with Gasteiger partial charge in [-0.15, -0.1) is 0 Å². The van der Waals surface area contributed by atoms with Gasteiger partial charge in [0.1, 0.15) is 6.04 Å². The fourth-order valence-electron chi connectivity index (χ4n) is 4.12. The van der Waals surface area contributed by atoms with Crippen molar-refractivity contribution >= 4 is 21.6 Å². The van der Waals surface area contributed by atoms with Gasteiger partial charge in [0.15, 0.2) is 0 Å². The van der Waals surface area contributed by atoms with E-state index in [0.717, 1.165) is 16.8 Å². The molecule has 3 aromatic carbocycles. The summed E-state index contributed by atoms with van der Waals surface area (Å²) in [5, 5.41) is 0. The molecule has 1 N–H and O–H groups in total. The fraction of sp³-hybridized carbons (Fsp3) is 0.111. The minimum absolute atomic E-state index is 0.120. The number of hydrogen-bond donors (Lipinski definition) is 1. The Kier molecular flexibility index (Phi) is 5.96. The molecule has 0 radical (unpaired) electrons. The van der Waals surface area contributed by atoms with Gasteiger partial charge in [0, 0.05) is 12.0 Å². The van der Waals surface area contributed by atoms with Crippen molar-refractivity contribution in [2.45, 2.75) is 23.9 Å². The molecule has 0 saturated carbocycles. The topological polar surface area (TPSA) is 79.4 Å². The fourth-order valence-corrected chi connectivity index (χ4v) is 5.33. The van der Waals surface area contributed by atoms with Crippen LogP contribution in [0.3, 0.4) is 0 Å². The van der Waals surface area contributed by atoms with E-state index in [9.17, 15) is 13.2 Å². The van der Waals surface area contributed by atoms with Gasteiger partial charge in [-0.25, -0.2) is 8.42 Å². The third kappa shape index (κ3) is 4.48. The lowest BCUT2D eigenvalue weighted by molar-refractivity contribution is -0.120. The highest BCUT2D eigenvalue weighted by atomic mass is 32.2. The first-order valence-corrected chi connectivity index (χ1v) is 12.5. The van der Waals surface area contributed by atoms with Crippen molar-refractivity contribution in [2.75, 3.05) is 4.90 Å². The predicted octanol–water partition coefficient (Wildman–Crippen LogP) is 4.19. The van der Waals surface area contributed by atoms with Crippen LogP contribution in [0.5, 0.6) is 0 Å². The van der Waals surface area contributed by atoms with Crippen LogP contribution in [-0.2, 0) is 27.8 Å². The summed E-state index contributed by atoms with van der Waals surface area (Å²) >= 11 is 0. The molecule has 1 aliphatic heterocycles. The van der Waals surface area contributed by atoms with Gasteiger partial charge in [-0.1, -0.05) is 78.9 Å². The van der Waals surface area contributed by atoms with E-state index in [1.807, 2.05) is 72.8 Å². The third-order valence-electron chi connectivity index (χ3n) is 5.81. The highest BCUT2D eigenvalue weighted by Gasteiger charge is 2.36. The van der Waals surface area contributed by atoms with E-state index in [4.69, 9.17) is 4.98 Å². The summed E-state index contributed by atoms with van der Waals surface area (Å²) in [4.78, 5) is 20.1. The normalized spacial score (nSPS) is 15.7. The Morgan fingerprint density at radius 2 is 1.44 bits per heavy atom. The zero-order valence-corrected chi connectivity index (χ0v) is 19.2. The molecule has 34 heavy (non-hydrogen) atoms. The standard InChI is InChI=1S/C27H23N3O3S/c31-27-25(29-34(32,33)22-14-8-3-9-15-22)18-24-26(30(27)19-20-10-4-1-5-11-20)17-16-23(28-24)21-12-6-2-7-13-21/h1-17,25,29H,18-19H2/t25-/m1/s1. The number of nitrogens with one attached hydrogen (secondary N) is 1. The first-order chi connectivity index (χ1) is 16.5. The van der Waals surface area contributed by atoms with Crippen molar-refractivity contribution in [3.63, 3.8) is 0 Å². The molecule has 1 aromatic heterocycles. The van der Waals surface area contributed by atoms with Crippen LogP contribution in [0.15, 0.2) is 108 Å². The molecule has 2 heterocycles. The molecule has 1 atom stereocenters. The van der Waals surface area contributed by atoms with Crippen LogP contribution in [0.25, 0.3) is 11.3 Å². The van der Waals surface area contributed by atoms with E-state index in [-0.39, 0.29) is 17.2 Å². The smallest absolute Gasteiger partial charge is 0.245 e. The predicted molar refractivity (Wildman–Crippen MR) is 132 cm³/mol. The highest BCUT2D eigenvalue weighted by molar-refractivity contribution is 7.89. The number of amides is 1. The number of anilines is 1. The lowest BCUT2D eigenvalue weighted by Crippen LogP contribution is -2.52. The zero-order chi connectivity index (χ0) is 23.5. The second kappa shape index (κ2) is 9.21. The second-order valence-corrected chi connectivity index (χ2v) is 9.84. The van der Waals surface area contributed by atoms with E-state index in [0.29, 0.717) is 17.9 Å². The summed E-state index contributed by atoms with van der Waals surface area (Å²) in [5.41, 5.74) is 4.05. The van der Waals surface area contributed by atoms with Crippen LogP contribution < -0.4 is 9.62 Å². The number of carbonyl (C=O) groups is 1. The van der Waals surface area contributed by atoms with Crippen molar-refractivity contribution in [2.24, 2.45) is 0 Å². The summed E-state index contributed by atoms with van der Waals surface area (Å²) in [7, 11) is -3.88. The first kappa shape index (κ1) is 22.0. The van der Waals surface area contributed by atoms with Crippen LogP contribution in [-0.4, -0.2) is 25.4 Å². The number of hydrogen-bond acceptors (Lipinski definition) is 4. The maximum atomic E-state index is 13.5. The van der Waals surface area contributed by atoms with Gasteiger partial charge in [0.05, 0.1) is 28.5 Å². The zero-order valence-electron chi connectivity index (χ0n) is 18.3. The molecule has 0 bridgehead atoms. The van der Waals surface area contributed by atoms with Gasteiger partial charge in [0.2, 0.25) is 15.9 Å². The first-order valence-electron chi connectivity index (χ1n) is 11.0. The quantitative estimate of drug-likeness (QED) is 0.459. The van der Waals surface area contributed by atoms with Crippen LogP contribution in [0.1, 0.15) is 11.3 Å². The van der Waals surface area contributed by atoms with E-state index in [2.05, 4.69) is 4.72 Å². The molecule has 1 aliphatic rings. The number of aromatic nitrogens is 1. The third-order valence-corrected chi connectivity index (χ3v) is 7.29. The van der Waals surface area contributed by atoms with Crippen molar-refractivity contribution in [1.82, 2.24) is 9.71 Å². The summed E-state index contributed by atoms with van der Waals surface area (Å²) < 4.78 is 28.6. The highest BCUT2D eigenvalue weighted by Crippen LogP contribution is 2.31. The molecule has 6 nitrogen and oxygen atoms in total. The van der Waals surface area contributed by atoms with Crippen LogP contribution >= 0.6 is 0 Å². The summed E-state index contributed by atoms with van der Waals surface area (Å²) in [6, 6.07) is 30.3. The number of carbonyl (C=O) groups excluding carboxylic acids is 1. The molecule has 170 valence electrons. The minimum atomic E-state index is -3.88. The van der Waals surface area contributed by atoms with E-state index >= 15 is 0 Å². The summed E-state index contributed by atoms with van der Waals surface area (Å²) in [6.07, 6.45) is 0.173. The maximum absolute atomic E-state index is 13.5. The SMILES string of the molecule is O=C1[C@H](NS(=O)(=O)c2ccccc2)Cc2nc(-c3ccccc3)ccc2N1Cc1ccccc1. The molecule has 1 amide bonds. The van der Waals surface area contributed by atoms with Crippen molar-refractivity contribution in [3.8, 4) is 11.3 Å². The molecule has 0 unspecified atom stereocenters. The van der Waals surface area contributed by atoms with Gasteiger partial charge in [-0.2, -0.15) is 4.72 Å². The van der Waals surface area contributed by atoms with Gasteiger partial charge < -0.3 is 4.90 Å². The maximum Gasteiger partial charge on any atom is 0.245 e. The molecule has 0 spiro atoms. The molecule has 7 heteroatoms. The van der Waals surface area contributed by atoms with Crippen LogP contribution in [0.4, 0.5) is 5.69 Å². The Balaban J connectivity index is 1.53. The number of rotatable bonds is 6. The van der Waals surface area contributed by atoms with Crippen LogP contribution in [0.2, 0.25) is 0 Å². The average Bonchev–Trinajstić information content (AvgIpc) is 2.88. The second-order valence-electron chi connectivity index (χ2n) is 8.13. The number of sulfonamides is 1. The minimum Gasteiger partial charge on any atom is -0.305 e. The molecule has 5 rings (SSSR count). The molecular weight excluding hydrogens is 446 g/mol.